The molecule has 0 radical (unpaired) electrons. The molecular weight excluding hydrogens is 240 g/mol. The highest BCUT2D eigenvalue weighted by Gasteiger charge is 2.21. The highest BCUT2D eigenvalue weighted by molar-refractivity contribution is 6.41. The molecule has 1 aromatic carbocycles. The van der Waals surface area contributed by atoms with Crippen molar-refractivity contribution in [3.8, 4) is 11.5 Å². The normalized spacial score (nSPS) is 9.72. The standard InChI is InChI=1S/C12H14O6/c1-15-7-18-10-6-8(16-2)4-5-9(10)11(13)12(14)17-3/h4-6H,7H2,1-3H3. The van der Waals surface area contributed by atoms with E-state index in [1.54, 1.807) is 6.07 Å². The van der Waals surface area contributed by atoms with Crippen LogP contribution >= 0.6 is 0 Å². The van der Waals surface area contributed by atoms with Crippen LogP contribution in [0.5, 0.6) is 11.5 Å². The number of ether oxygens (including phenoxy) is 4. The van der Waals surface area contributed by atoms with Crippen molar-refractivity contribution in [2.75, 3.05) is 28.1 Å². The van der Waals surface area contributed by atoms with Crippen molar-refractivity contribution in [3.05, 3.63) is 23.8 Å². The highest BCUT2D eigenvalue weighted by atomic mass is 16.7. The van der Waals surface area contributed by atoms with Crippen LogP contribution in [0.25, 0.3) is 0 Å². The Balaban J connectivity index is 3.08. The Bertz CT molecular complexity index is 440. The van der Waals surface area contributed by atoms with E-state index in [0.29, 0.717) is 5.75 Å². The molecule has 0 aliphatic rings. The summed E-state index contributed by atoms with van der Waals surface area (Å²) < 4.78 is 19.3. The van der Waals surface area contributed by atoms with Crippen LogP contribution in [-0.2, 0) is 14.3 Å². The molecule has 0 N–H and O–H groups in total. The summed E-state index contributed by atoms with van der Waals surface area (Å²) in [6.07, 6.45) is 0. The van der Waals surface area contributed by atoms with Crippen molar-refractivity contribution < 1.29 is 28.5 Å². The van der Waals surface area contributed by atoms with Crippen LogP contribution < -0.4 is 9.47 Å². The smallest absolute Gasteiger partial charge is 0.379 e. The molecule has 0 saturated carbocycles. The van der Waals surface area contributed by atoms with Crippen molar-refractivity contribution >= 4 is 11.8 Å². The lowest BCUT2D eigenvalue weighted by Gasteiger charge is -2.10. The molecule has 0 bridgehead atoms. The maximum Gasteiger partial charge on any atom is 0.379 e. The maximum atomic E-state index is 11.7. The number of ketones is 1. The van der Waals surface area contributed by atoms with Gasteiger partial charge in [-0.15, -0.1) is 0 Å². The van der Waals surface area contributed by atoms with E-state index in [0.717, 1.165) is 7.11 Å². The molecule has 0 aliphatic heterocycles. The summed E-state index contributed by atoms with van der Waals surface area (Å²) in [7, 11) is 4.07. The molecule has 0 unspecified atom stereocenters. The minimum Gasteiger partial charge on any atom is -0.497 e. The molecular formula is C12H14O6. The second-order valence-electron chi connectivity index (χ2n) is 3.23. The molecule has 1 rings (SSSR count). The molecule has 0 aliphatic carbocycles. The third kappa shape index (κ3) is 3.21. The van der Waals surface area contributed by atoms with Gasteiger partial charge in [-0.05, 0) is 12.1 Å². The second kappa shape index (κ2) is 6.61. The molecule has 6 heteroatoms. The summed E-state index contributed by atoms with van der Waals surface area (Å²) in [5, 5.41) is 0. The van der Waals surface area contributed by atoms with Crippen LogP contribution in [0.1, 0.15) is 10.4 Å². The molecule has 98 valence electrons. The van der Waals surface area contributed by atoms with Gasteiger partial charge >= 0.3 is 5.97 Å². The van der Waals surface area contributed by atoms with Crippen molar-refractivity contribution in [1.82, 2.24) is 0 Å². The number of carbonyl (C=O) groups is 2. The van der Waals surface area contributed by atoms with E-state index in [2.05, 4.69) is 4.74 Å². The summed E-state index contributed by atoms with van der Waals surface area (Å²) in [4.78, 5) is 22.9. The van der Waals surface area contributed by atoms with Crippen molar-refractivity contribution in [3.63, 3.8) is 0 Å². The van der Waals surface area contributed by atoms with Gasteiger partial charge in [0.1, 0.15) is 11.5 Å². The Labute approximate surface area is 104 Å². The van der Waals surface area contributed by atoms with Crippen LogP contribution in [0, 0.1) is 0 Å². The van der Waals surface area contributed by atoms with E-state index in [-0.39, 0.29) is 18.1 Å². The molecule has 0 aromatic heterocycles. The van der Waals surface area contributed by atoms with Crippen LogP contribution in [0.2, 0.25) is 0 Å². The molecule has 18 heavy (non-hydrogen) atoms. The number of esters is 1. The van der Waals surface area contributed by atoms with Crippen LogP contribution in [0.4, 0.5) is 0 Å². The number of methoxy groups -OCH3 is 3. The first-order valence-electron chi connectivity index (χ1n) is 5.06. The fourth-order valence-corrected chi connectivity index (χ4v) is 1.26. The number of carbonyl (C=O) groups excluding carboxylic acids is 2. The van der Waals surface area contributed by atoms with Gasteiger partial charge in [-0.3, -0.25) is 4.79 Å². The first-order valence-corrected chi connectivity index (χ1v) is 5.06. The van der Waals surface area contributed by atoms with Gasteiger partial charge in [0.25, 0.3) is 5.78 Å². The van der Waals surface area contributed by atoms with Gasteiger partial charge in [0.15, 0.2) is 6.79 Å². The zero-order valence-corrected chi connectivity index (χ0v) is 10.4. The molecule has 0 spiro atoms. The van der Waals surface area contributed by atoms with E-state index >= 15 is 0 Å². The average molecular weight is 254 g/mol. The van der Waals surface area contributed by atoms with Gasteiger partial charge in [-0.2, -0.15) is 0 Å². The Hall–Kier alpha value is -2.08. The SMILES string of the molecule is COCOc1cc(OC)ccc1C(=O)C(=O)OC. The summed E-state index contributed by atoms with van der Waals surface area (Å²) in [5.74, 6) is -1.04. The van der Waals surface area contributed by atoms with Gasteiger partial charge in [0, 0.05) is 13.2 Å². The summed E-state index contributed by atoms with van der Waals surface area (Å²) >= 11 is 0. The van der Waals surface area contributed by atoms with E-state index in [9.17, 15) is 9.59 Å². The second-order valence-corrected chi connectivity index (χ2v) is 3.23. The molecule has 0 saturated heterocycles. The predicted molar refractivity (Wildman–Crippen MR) is 61.8 cm³/mol. The first kappa shape index (κ1) is 14.0. The predicted octanol–water partition coefficient (Wildman–Crippen LogP) is 1.03. The molecule has 0 atom stereocenters. The quantitative estimate of drug-likeness (QED) is 0.327. The van der Waals surface area contributed by atoms with E-state index < -0.39 is 11.8 Å². The van der Waals surface area contributed by atoms with Gasteiger partial charge in [0.2, 0.25) is 0 Å². The van der Waals surface area contributed by atoms with E-state index in [1.807, 2.05) is 0 Å². The van der Waals surface area contributed by atoms with Crippen molar-refractivity contribution in [1.29, 1.82) is 0 Å². The average Bonchev–Trinajstić information content (AvgIpc) is 2.42. The van der Waals surface area contributed by atoms with E-state index in [4.69, 9.17) is 14.2 Å². The van der Waals surface area contributed by atoms with Gasteiger partial charge in [-0.25, -0.2) is 4.79 Å². The molecule has 6 nitrogen and oxygen atoms in total. The molecule has 0 amide bonds. The van der Waals surface area contributed by atoms with Crippen LogP contribution in [-0.4, -0.2) is 39.9 Å². The Morgan fingerprint density at radius 3 is 2.44 bits per heavy atom. The Morgan fingerprint density at radius 1 is 1.17 bits per heavy atom. The summed E-state index contributed by atoms with van der Waals surface area (Å²) in [6, 6.07) is 4.48. The Morgan fingerprint density at radius 2 is 1.89 bits per heavy atom. The number of Topliss-reactive ketones (excluding diaryl/α,β-unsaturated/α-hetero) is 1. The minimum atomic E-state index is -0.956. The van der Waals surface area contributed by atoms with E-state index in [1.165, 1.54) is 26.4 Å². The maximum absolute atomic E-state index is 11.7. The summed E-state index contributed by atoms with van der Waals surface area (Å²) in [6.45, 7) is -0.0470. The number of benzene rings is 1. The fraction of sp³-hybridized carbons (Fsp3) is 0.333. The van der Waals surface area contributed by atoms with Crippen LogP contribution in [0.15, 0.2) is 18.2 Å². The molecule has 1 aromatic rings. The zero-order valence-electron chi connectivity index (χ0n) is 10.4. The lowest BCUT2D eigenvalue weighted by atomic mass is 10.1. The largest absolute Gasteiger partial charge is 0.497 e. The highest BCUT2D eigenvalue weighted by Crippen LogP contribution is 2.25. The number of hydrogen-bond acceptors (Lipinski definition) is 6. The monoisotopic (exact) mass is 254 g/mol. The lowest BCUT2D eigenvalue weighted by molar-refractivity contribution is -0.135. The molecule has 0 heterocycles. The van der Waals surface area contributed by atoms with Gasteiger partial charge in [0.05, 0.1) is 19.8 Å². The zero-order chi connectivity index (χ0) is 13.5. The number of hydrogen-bond donors (Lipinski definition) is 0. The first-order chi connectivity index (χ1) is 8.63. The minimum absolute atomic E-state index is 0.0470. The van der Waals surface area contributed by atoms with Crippen molar-refractivity contribution in [2.45, 2.75) is 0 Å². The van der Waals surface area contributed by atoms with Crippen molar-refractivity contribution in [2.24, 2.45) is 0 Å². The number of rotatable bonds is 6. The Kier molecular flexibility index (Phi) is 5.13. The third-order valence-electron chi connectivity index (χ3n) is 2.14. The fourth-order valence-electron chi connectivity index (χ4n) is 1.26. The third-order valence-corrected chi connectivity index (χ3v) is 2.14. The summed E-state index contributed by atoms with van der Waals surface area (Å²) in [5.41, 5.74) is 0.0969. The van der Waals surface area contributed by atoms with Gasteiger partial charge < -0.3 is 18.9 Å². The lowest BCUT2D eigenvalue weighted by Crippen LogP contribution is -2.17. The topological polar surface area (TPSA) is 71.1 Å². The van der Waals surface area contributed by atoms with Gasteiger partial charge in [-0.1, -0.05) is 0 Å². The van der Waals surface area contributed by atoms with Crippen LogP contribution in [0.3, 0.4) is 0 Å². The molecule has 0 fully saturated rings.